The molecule has 0 aliphatic carbocycles. The molecule has 0 saturated carbocycles. The molecule has 0 unspecified atom stereocenters. The number of amides is 1. The zero-order chi connectivity index (χ0) is 14.4. The third-order valence-corrected chi connectivity index (χ3v) is 3.98. The van der Waals surface area contributed by atoms with Gasteiger partial charge in [0.15, 0.2) is 0 Å². The maximum absolute atomic E-state index is 11.6. The van der Waals surface area contributed by atoms with E-state index in [1.165, 1.54) is 24.6 Å². The van der Waals surface area contributed by atoms with Crippen molar-refractivity contribution in [1.82, 2.24) is 5.32 Å². The number of nitrogens with one attached hydrogen (secondary N) is 1. The number of benzene rings is 1. The molecule has 1 amide bonds. The summed E-state index contributed by atoms with van der Waals surface area (Å²) in [6, 6.07) is 7.74. The van der Waals surface area contributed by atoms with Crippen LogP contribution in [0.2, 0.25) is 0 Å². The Balaban J connectivity index is 2.01. The van der Waals surface area contributed by atoms with E-state index in [1.807, 2.05) is 30.3 Å². The Bertz CT molecular complexity index is 540. The first-order chi connectivity index (χ1) is 9.69. The first-order valence-corrected chi connectivity index (χ1v) is 7.89. The number of hydrogen-bond acceptors (Lipinski definition) is 4. The molecule has 1 aromatic rings. The van der Waals surface area contributed by atoms with Crippen LogP contribution in [0.25, 0.3) is 6.08 Å². The third-order valence-electron chi connectivity index (χ3n) is 2.81. The molecule has 0 atom stereocenters. The van der Waals surface area contributed by atoms with E-state index in [9.17, 15) is 4.79 Å². The SMILES string of the molecule is CCCCCOc1cccc(C=C2SC(=S)NC2=O)c1. The van der Waals surface area contributed by atoms with Crippen LogP contribution in [0.3, 0.4) is 0 Å². The van der Waals surface area contributed by atoms with Crippen molar-refractivity contribution < 1.29 is 9.53 Å². The number of carbonyl (C=O) groups is 1. The van der Waals surface area contributed by atoms with Crippen LogP contribution in [0.15, 0.2) is 29.2 Å². The Labute approximate surface area is 128 Å². The minimum Gasteiger partial charge on any atom is -0.494 e. The molecule has 0 radical (unpaired) electrons. The van der Waals surface area contributed by atoms with Gasteiger partial charge in [-0.05, 0) is 30.2 Å². The van der Waals surface area contributed by atoms with Crippen molar-refractivity contribution in [3.63, 3.8) is 0 Å². The van der Waals surface area contributed by atoms with E-state index in [4.69, 9.17) is 17.0 Å². The fourth-order valence-corrected chi connectivity index (χ4v) is 2.85. The quantitative estimate of drug-likeness (QED) is 0.493. The molecular weight excluding hydrogens is 290 g/mol. The van der Waals surface area contributed by atoms with E-state index in [0.717, 1.165) is 24.3 Å². The fourth-order valence-electron chi connectivity index (χ4n) is 1.81. The summed E-state index contributed by atoms with van der Waals surface area (Å²) in [7, 11) is 0. The summed E-state index contributed by atoms with van der Waals surface area (Å²) >= 11 is 6.25. The van der Waals surface area contributed by atoms with Gasteiger partial charge in [0.05, 0.1) is 11.5 Å². The molecule has 1 aliphatic rings. The minimum absolute atomic E-state index is 0.130. The van der Waals surface area contributed by atoms with Crippen LogP contribution in [0.4, 0.5) is 0 Å². The predicted octanol–water partition coefficient (Wildman–Crippen LogP) is 3.74. The highest BCUT2D eigenvalue weighted by Crippen LogP contribution is 2.26. The van der Waals surface area contributed by atoms with Crippen LogP contribution in [0, 0.1) is 0 Å². The molecule has 1 N–H and O–H groups in total. The molecule has 3 nitrogen and oxygen atoms in total. The average molecular weight is 307 g/mol. The van der Waals surface area contributed by atoms with E-state index in [2.05, 4.69) is 12.2 Å². The van der Waals surface area contributed by atoms with Gasteiger partial charge in [0.1, 0.15) is 10.1 Å². The lowest BCUT2D eigenvalue weighted by atomic mass is 10.2. The summed E-state index contributed by atoms with van der Waals surface area (Å²) in [4.78, 5) is 12.2. The molecule has 106 valence electrons. The first-order valence-electron chi connectivity index (χ1n) is 6.67. The Kier molecular flexibility index (Phi) is 5.61. The van der Waals surface area contributed by atoms with E-state index in [1.54, 1.807) is 0 Å². The number of rotatable bonds is 6. The van der Waals surface area contributed by atoms with Gasteiger partial charge in [0.2, 0.25) is 0 Å². The summed E-state index contributed by atoms with van der Waals surface area (Å²) in [6.07, 6.45) is 5.26. The molecule has 1 heterocycles. The second-order valence-corrected chi connectivity index (χ2v) is 6.20. The Morgan fingerprint density at radius 2 is 2.25 bits per heavy atom. The van der Waals surface area contributed by atoms with Crippen LogP contribution in [-0.2, 0) is 4.79 Å². The molecule has 5 heteroatoms. The highest BCUT2D eigenvalue weighted by atomic mass is 32.2. The highest BCUT2D eigenvalue weighted by molar-refractivity contribution is 8.26. The van der Waals surface area contributed by atoms with Gasteiger partial charge in [-0.25, -0.2) is 0 Å². The zero-order valence-electron chi connectivity index (χ0n) is 11.3. The molecule has 1 fully saturated rings. The lowest BCUT2D eigenvalue weighted by Crippen LogP contribution is -2.17. The molecule has 1 saturated heterocycles. The molecule has 0 spiro atoms. The molecule has 0 bridgehead atoms. The summed E-state index contributed by atoms with van der Waals surface area (Å²) in [5.74, 6) is 0.704. The monoisotopic (exact) mass is 307 g/mol. The number of hydrogen-bond donors (Lipinski definition) is 1. The Hall–Kier alpha value is -1.33. The molecule has 1 aliphatic heterocycles. The predicted molar refractivity (Wildman–Crippen MR) is 87.8 cm³/mol. The van der Waals surface area contributed by atoms with Crippen LogP contribution >= 0.6 is 24.0 Å². The zero-order valence-corrected chi connectivity index (χ0v) is 13.0. The standard InChI is InChI=1S/C15H17NO2S2/c1-2-3-4-8-18-12-7-5-6-11(9-12)10-13-14(17)16-15(19)20-13/h5-7,9-10H,2-4,8H2,1H3,(H,16,17,19). The third kappa shape index (κ3) is 4.35. The Morgan fingerprint density at radius 3 is 2.95 bits per heavy atom. The fraction of sp³-hybridized carbons (Fsp3) is 0.333. The summed E-state index contributed by atoms with van der Waals surface area (Å²) in [5.41, 5.74) is 0.945. The second kappa shape index (κ2) is 7.45. The van der Waals surface area contributed by atoms with Crippen LogP contribution in [0.5, 0.6) is 5.75 Å². The maximum Gasteiger partial charge on any atom is 0.263 e. The van der Waals surface area contributed by atoms with Gasteiger partial charge in [-0.15, -0.1) is 0 Å². The largest absolute Gasteiger partial charge is 0.494 e. The minimum atomic E-state index is -0.130. The highest BCUT2D eigenvalue weighted by Gasteiger charge is 2.21. The van der Waals surface area contributed by atoms with Gasteiger partial charge in [0.25, 0.3) is 5.91 Å². The first kappa shape index (κ1) is 15.1. The van der Waals surface area contributed by atoms with Crippen molar-refractivity contribution in [2.45, 2.75) is 26.2 Å². The molecule has 20 heavy (non-hydrogen) atoms. The van der Waals surface area contributed by atoms with E-state index >= 15 is 0 Å². The van der Waals surface area contributed by atoms with Crippen LogP contribution < -0.4 is 10.1 Å². The van der Waals surface area contributed by atoms with E-state index in [0.29, 0.717) is 9.23 Å². The van der Waals surface area contributed by atoms with Crippen molar-refractivity contribution >= 4 is 40.3 Å². The van der Waals surface area contributed by atoms with Crippen molar-refractivity contribution in [2.75, 3.05) is 6.61 Å². The van der Waals surface area contributed by atoms with Crippen molar-refractivity contribution in [1.29, 1.82) is 0 Å². The van der Waals surface area contributed by atoms with Gasteiger partial charge in [0, 0.05) is 0 Å². The molecule has 2 rings (SSSR count). The van der Waals surface area contributed by atoms with Gasteiger partial charge in [-0.2, -0.15) is 0 Å². The van der Waals surface area contributed by atoms with Gasteiger partial charge < -0.3 is 10.1 Å². The maximum atomic E-state index is 11.6. The lowest BCUT2D eigenvalue weighted by Gasteiger charge is -2.06. The molecule has 1 aromatic carbocycles. The average Bonchev–Trinajstić information content (AvgIpc) is 2.74. The smallest absolute Gasteiger partial charge is 0.263 e. The summed E-state index contributed by atoms with van der Waals surface area (Å²) in [6.45, 7) is 2.90. The number of unbranched alkanes of at least 4 members (excludes halogenated alkanes) is 2. The summed E-state index contributed by atoms with van der Waals surface area (Å²) < 4.78 is 6.21. The van der Waals surface area contributed by atoms with E-state index < -0.39 is 0 Å². The van der Waals surface area contributed by atoms with Crippen molar-refractivity contribution in [3.8, 4) is 5.75 Å². The van der Waals surface area contributed by atoms with E-state index in [-0.39, 0.29) is 5.91 Å². The van der Waals surface area contributed by atoms with Crippen molar-refractivity contribution in [2.24, 2.45) is 0 Å². The normalized spacial score (nSPS) is 16.6. The van der Waals surface area contributed by atoms with Crippen molar-refractivity contribution in [3.05, 3.63) is 34.7 Å². The topological polar surface area (TPSA) is 38.3 Å². The molecular formula is C15H17NO2S2. The van der Waals surface area contributed by atoms with Gasteiger partial charge in [-0.1, -0.05) is 55.9 Å². The Morgan fingerprint density at radius 1 is 1.40 bits per heavy atom. The van der Waals surface area contributed by atoms with Gasteiger partial charge >= 0.3 is 0 Å². The second-order valence-electron chi connectivity index (χ2n) is 4.48. The number of carbonyl (C=O) groups excluding carboxylic acids is 1. The number of thioether (sulfide) groups is 1. The number of ether oxygens (including phenoxy) is 1. The lowest BCUT2D eigenvalue weighted by molar-refractivity contribution is -0.115. The number of thiocarbonyl (C=S) groups is 1. The van der Waals surface area contributed by atoms with Gasteiger partial charge in [-0.3, -0.25) is 4.79 Å². The summed E-state index contributed by atoms with van der Waals surface area (Å²) in [5, 5.41) is 2.61. The van der Waals surface area contributed by atoms with Crippen LogP contribution in [-0.4, -0.2) is 16.8 Å². The molecule has 0 aromatic heterocycles. The van der Waals surface area contributed by atoms with Crippen LogP contribution in [0.1, 0.15) is 31.7 Å².